The summed E-state index contributed by atoms with van der Waals surface area (Å²) in [5.74, 6) is 1.85. The van der Waals surface area contributed by atoms with Crippen LogP contribution in [0.15, 0.2) is 29.3 Å². The molecule has 1 N–H and O–H groups in total. The standard InChI is InChI=1S/C21H30N6O/c1-4-5-12-27-17-9-7-6-8-16(17)22-18(27)15-26-13-10-21(11-14-26)19(28)23-20(24-21)25(2)3/h6-9H,4-5,10-15H2,1-3H3,(H,23,24,28). The van der Waals surface area contributed by atoms with E-state index in [9.17, 15) is 4.79 Å². The number of carbonyl (C=O) groups is 1. The number of aliphatic imine (C=N–C) groups is 1. The van der Waals surface area contributed by atoms with Crippen molar-refractivity contribution in [2.75, 3.05) is 27.2 Å². The molecule has 0 bridgehead atoms. The number of carbonyl (C=O) groups excluding carboxylic acids is 1. The first-order valence-corrected chi connectivity index (χ1v) is 10.3. The summed E-state index contributed by atoms with van der Waals surface area (Å²) >= 11 is 0. The zero-order valence-electron chi connectivity index (χ0n) is 17.1. The Labute approximate surface area is 166 Å². The predicted octanol–water partition coefficient (Wildman–Crippen LogP) is 2.22. The fraction of sp³-hybridized carbons (Fsp3) is 0.571. The Morgan fingerprint density at radius 2 is 1.96 bits per heavy atom. The number of unbranched alkanes of at least 4 members (excludes halogenated alkanes) is 1. The summed E-state index contributed by atoms with van der Waals surface area (Å²) in [7, 11) is 3.82. The lowest BCUT2D eigenvalue weighted by atomic mass is 9.88. The molecule has 4 rings (SSSR count). The van der Waals surface area contributed by atoms with E-state index >= 15 is 0 Å². The van der Waals surface area contributed by atoms with Crippen LogP contribution >= 0.6 is 0 Å². The number of piperidine rings is 1. The van der Waals surface area contributed by atoms with Crippen LogP contribution in [0.4, 0.5) is 0 Å². The van der Waals surface area contributed by atoms with E-state index in [0.717, 1.165) is 56.8 Å². The molecule has 0 aliphatic carbocycles. The Kier molecular flexibility index (Phi) is 5.10. The average Bonchev–Trinajstić information content (AvgIpc) is 3.20. The zero-order chi connectivity index (χ0) is 19.7. The maximum Gasteiger partial charge on any atom is 0.254 e. The number of rotatable bonds is 5. The van der Waals surface area contributed by atoms with Crippen molar-refractivity contribution < 1.29 is 4.79 Å². The van der Waals surface area contributed by atoms with Gasteiger partial charge in [-0.2, -0.15) is 0 Å². The topological polar surface area (TPSA) is 65.8 Å². The smallest absolute Gasteiger partial charge is 0.254 e. The molecule has 28 heavy (non-hydrogen) atoms. The molecule has 7 nitrogen and oxygen atoms in total. The Balaban J connectivity index is 1.49. The van der Waals surface area contributed by atoms with Gasteiger partial charge in [-0.25, -0.2) is 9.98 Å². The summed E-state index contributed by atoms with van der Waals surface area (Å²) in [4.78, 5) is 26.4. The molecule has 0 unspecified atom stereocenters. The number of guanidine groups is 1. The molecular formula is C21H30N6O. The number of amides is 1. The maximum absolute atomic E-state index is 12.5. The van der Waals surface area contributed by atoms with E-state index < -0.39 is 5.54 Å². The lowest BCUT2D eigenvalue weighted by Gasteiger charge is -2.35. The van der Waals surface area contributed by atoms with Gasteiger partial charge in [0.1, 0.15) is 11.4 Å². The molecule has 150 valence electrons. The van der Waals surface area contributed by atoms with Crippen LogP contribution in [0.3, 0.4) is 0 Å². The van der Waals surface area contributed by atoms with Gasteiger partial charge in [0.05, 0.1) is 17.6 Å². The summed E-state index contributed by atoms with van der Waals surface area (Å²) in [5.41, 5.74) is 1.70. The van der Waals surface area contributed by atoms with Crippen LogP contribution in [-0.2, 0) is 17.9 Å². The van der Waals surface area contributed by atoms with E-state index in [-0.39, 0.29) is 5.91 Å². The minimum Gasteiger partial charge on any atom is -0.349 e. The first-order valence-electron chi connectivity index (χ1n) is 10.3. The van der Waals surface area contributed by atoms with Gasteiger partial charge in [0, 0.05) is 33.7 Å². The number of aromatic nitrogens is 2. The van der Waals surface area contributed by atoms with Crippen molar-refractivity contribution in [2.45, 2.75) is 51.2 Å². The lowest BCUT2D eigenvalue weighted by Crippen LogP contribution is -2.49. The van der Waals surface area contributed by atoms with Gasteiger partial charge in [-0.15, -0.1) is 0 Å². The number of hydrogen-bond acceptors (Lipinski definition) is 5. The normalized spacial score (nSPS) is 19.2. The third kappa shape index (κ3) is 3.39. The first kappa shape index (κ1) is 18.9. The molecule has 0 saturated carbocycles. The second-order valence-corrected chi connectivity index (χ2v) is 8.11. The molecule has 0 radical (unpaired) electrons. The molecular weight excluding hydrogens is 352 g/mol. The van der Waals surface area contributed by atoms with Gasteiger partial charge in [-0.1, -0.05) is 25.5 Å². The number of hydrogen-bond donors (Lipinski definition) is 1. The largest absolute Gasteiger partial charge is 0.349 e. The first-order chi connectivity index (χ1) is 13.5. The zero-order valence-corrected chi connectivity index (χ0v) is 17.1. The van der Waals surface area contributed by atoms with Crippen molar-refractivity contribution in [3.63, 3.8) is 0 Å². The van der Waals surface area contributed by atoms with E-state index in [0.29, 0.717) is 5.96 Å². The highest BCUT2D eigenvalue weighted by atomic mass is 16.2. The van der Waals surface area contributed by atoms with Crippen LogP contribution in [0.25, 0.3) is 11.0 Å². The molecule has 2 aliphatic rings. The highest BCUT2D eigenvalue weighted by molar-refractivity contribution is 6.07. The molecule has 2 aliphatic heterocycles. The fourth-order valence-electron chi connectivity index (χ4n) is 4.14. The maximum atomic E-state index is 12.5. The fourth-order valence-corrected chi connectivity index (χ4v) is 4.14. The number of nitrogens with one attached hydrogen (secondary N) is 1. The lowest BCUT2D eigenvalue weighted by molar-refractivity contribution is -0.125. The van der Waals surface area contributed by atoms with E-state index in [2.05, 4.69) is 39.9 Å². The van der Waals surface area contributed by atoms with Crippen LogP contribution in [0.1, 0.15) is 38.4 Å². The minimum absolute atomic E-state index is 0.0473. The van der Waals surface area contributed by atoms with Crippen LogP contribution in [0.2, 0.25) is 0 Å². The van der Waals surface area contributed by atoms with Gasteiger partial charge < -0.3 is 9.47 Å². The molecule has 2 aromatic rings. The second kappa shape index (κ2) is 7.54. The molecule has 1 aromatic carbocycles. The molecule has 1 fully saturated rings. The predicted molar refractivity (Wildman–Crippen MR) is 111 cm³/mol. The van der Waals surface area contributed by atoms with E-state index in [1.165, 1.54) is 11.9 Å². The van der Waals surface area contributed by atoms with E-state index in [1.807, 2.05) is 25.1 Å². The Bertz CT molecular complexity index is 891. The molecule has 1 amide bonds. The molecule has 1 spiro atoms. The molecule has 1 saturated heterocycles. The molecule has 0 atom stereocenters. The van der Waals surface area contributed by atoms with Crippen molar-refractivity contribution in [2.24, 2.45) is 4.99 Å². The summed E-state index contributed by atoms with van der Waals surface area (Å²) < 4.78 is 2.37. The van der Waals surface area contributed by atoms with Crippen LogP contribution in [0.5, 0.6) is 0 Å². The molecule has 3 heterocycles. The van der Waals surface area contributed by atoms with Crippen molar-refractivity contribution in [1.82, 2.24) is 24.7 Å². The molecule has 1 aromatic heterocycles. The quantitative estimate of drug-likeness (QED) is 0.861. The Hall–Kier alpha value is -2.41. The van der Waals surface area contributed by atoms with Gasteiger partial charge in [0.25, 0.3) is 5.91 Å². The number of benzene rings is 1. The van der Waals surface area contributed by atoms with Crippen molar-refractivity contribution in [1.29, 1.82) is 0 Å². The van der Waals surface area contributed by atoms with Crippen molar-refractivity contribution in [3.05, 3.63) is 30.1 Å². The number of nitrogens with zero attached hydrogens (tertiary/aromatic N) is 5. The second-order valence-electron chi connectivity index (χ2n) is 8.11. The number of aryl methyl sites for hydroxylation is 1. The number of para-hydroxylation sites is 2. The SMILES string of the molecule is CCCCn1c(CN2CCC3(CC2)N=C(N(C)C)NC3=O)nc2ccccc21. The van der Waals surface area contributed by atoms with Gasteiger partial charge in [-0.3, -0.25) is 15.0 Å². The Morgan fingerprint density at radius 3 is 2.64 bits per heavy atom. The Morgan fingerprint density at radius 1 is 1.21 bits per heavy atom. The van der Waals surface area contributed by atoms with Crippen LogP contribution in [0, 0.1) is 0 Å². The van der Waals surface area contributed by atoms with E-state index in [4.69, 9.17) is 9.98 Å². The monoisotopic (exact) mass is 382 g/mol. The van der Waals surface area contributed by atoms with Gasteiger partial charge >= 0.3 is 0 Å². The summed E-state index contributed by atoms with van der Waals surface area (Å²) in [5, 5.41) is 2.93. The summed E-state index contributed by atoms with van der Waals surface area (Å²) in [6.07, 6.45) is 3.83. The van der Waals surface area contributed by atoms with Crippen LogP contribution in [-0.4, -0.2) is 63.9 Å². The number of likely N-dealkylation sites (tertiary alicyclic amines) is 1. The van der Waals surface area contributed by atoms with Gasteiger partial charge in [0.2, 0.25) is 5.96 Å². The third-order valence-corrected chi connectivity index (χ3v) is 5.91. The summed E-state index contributed by atoms with van der Waals surface area (Å²) in [6, 6.07) is 8.38. The van der Waals surface area contributed by atoms with E-state index in [1.54, 1.807) is 0 Å². The molecule has 7 heteroatoms. The highest BCUT2D eigenvalue weighted by Gasteiger charge is 2.46. The van der Waals surface area contributed by atoms with Crippen molar-refractivity contribution in [3.8, 4) is 0 Å². The average molecular weight is 383 g/mol. The highest BCUT2D eigenvalue weighted by Crippen LogP contribution is 2.31. The van der Waals surface area contributed by atoms with Crippen LogP contribution < -0.4 is 5.32 Å². The van der Waals surface area contributed by atoms with Gasteiger partial charge in [-0.05, 0) is 31.4 Å². The number of imidazole rings is 1. The summed E-state index contributed by atoms with van der Waals surface area (Å²) in [6.45, 7) is 5.75. The van der Waals surface area contributed by atoms with Gasteiger partial charge in [0.15, 0.2) is 0 Å². The number of fused-ring (bicyclic) bond motifs is 1. The van der Waals surface area contributed by atoms with Crippen molar-refractivity contribution >= 4 is 22.9 Å². The third-order valence-electron chi connectivity index (χ3n) is 5.91. The minimum atomic E-state index is -0.585.